The number of nitrogens with one attached hydrogen (secondary N) is 1. The number of methoxy groups -OCH3 is 1. The van der Waals surface area contributed by atoms with Gasteiger partial charge in [-0.1, -0.05) is 6.07 Å². The van der Waals surface area contributed by atoms with Crippen molar-refractivity contribution in [2.75, 3.05) is 34.3 Å². The molecular formula is C13H19N3O. The monoisotopic (exact) mass is 233 g/mol. The van der Waals surface area contributed by atoms with Crippen LogP contribution in [0.4, 0.5) is 0 Å². The Labute approximate surface area is 103 Å². The van der Waals surface area contributed by atoms with Crippen LogP contribution in [0.3, 0.4) is 0 Å². The fourth-order valence-electron chi connectivity index (χ4n) is 1.62. The maximum Gasteiger partial charge on any atom is 0.136 e. The molecule has 0 saturated heterocycles. The third kappa shape index (κ3) is 4.06. The zero-order valence-electron chi connectivity index (χ0n) is 10.7. The largest absolute Gasteiger partial charge is 0.495 e. The minimum Gasteiger partial charge on any atom is -0.495 e. The lowest BCUT2D eigenvalue weighted by atomic mass is 10.1. The van der Waals surface area contributed by atoms with Gasteiger partial charge in [-0.2, -0.15) is 5.26 Å². The summed E-state index contributed by atoms with van der Waals surface area (Å²) in [6.07, 6.45) is 0. The van der Waals surface area contributed by atoms with E-state index in [9.17, 15) is 0 Å². The lowest BCUT2D eigenvalue weighted by Gasteiger charge is -2.17. The fraction of sp³-hybridized carbons (Fsp3) is 0.462. The Balaban J connectivity index is 2.69. The molecule has 17 heavy (non-hydrogen) atoms. The smallest absolute Gasteiger partial charge is 0.136 e. The highest BCUT2D eigenvalue weighted by atomic mass is 16.5. The Bertz CT molecular complexity index is 398. The molecule has 1 aromatic carbocycles. The van der Waals surface area contributed by atoms with E-state index in [0.717, 1.165) is 25.2 Å². The maximum atomic E-state index is 8.89. The van der Waals surface area contributed by atoms with E-state index in [2.05, 4.69) is 23.3 Å². The molecule has 1 aromatic rings. The second-order valence-corrected chi connectivity index (χ2v) is 3.99. The maximum absolute atomic E-state index is 8.89. The average Bonchev–Trinajstić information content (AvgIpc) is 2.36. The normalized spacial score (nSPS) is 10.3. The molecule has 0 bridgehead atoms. The van der Waals surface area contributed by atoms with Crippen LogP contribution in [0.1, 0.15) is 11.1 Å². The van der Waals surface area contributed by atoms with Gasteiger partial charge in [-0.05, 0) is 31.8 Å². The Kier molecular flexibility index (Phi) is 5.47. The van der Waals surface area contributed by atoms with E-state index in [1.54, 1.807) is 13.2 Å². The minimum atomic E-state index is 0.578. The van der Waals surface area contributed by atoms with Gasteiger partial charge in [-0.15, -0.1) is 0 Å². The van der Waals surface area contributed by atoms with Crippen LogP contribution < -0.4 is 10.1 Å². The van der Waals surface area contributed by atoms with E-state index >= 15 is 0 Å². The van der Waals surface area contributed by atoms with Crippen molar-refractivity contribution < 1.29 is 4.74 Å². The molecule has 0 spiro atoms. The Morgan fingerprint density at radius 1 is 1.47 bits per heavy atom. The van der Waals surface area contributed by atoms with Crippen molar-refractivity contribution in [2.45, 2.75) is 6.54 Å². The standard InChI is InChI=1S/C13H19N3O/c1-15-6-7-16(2)10-11-4-5-12(9-14)13(8-11)17-3/h4-5,8,15H,6-7,10H2,1-3H3. The van der Waals surface area contributed by atoms with Gasteiger partial charge in [0.2, 0.25) is 0 Å². The Morgan fingerprint density at radius 2 is 2.24 bits per heavy atom. The Morgan fingerprint density at radius 3 is 2.82 bits per heavy atom. The molecule has 1 rings (SSSR count). The summed E-state index contributed by atoms with van der Waals surface area (Å²) in [6, 6.07) is 7.81. The highest BCUT2D eigenvalue weighted by molar-refractivity contribution is 5.45. The van der Waals surface area contributed by atoms with Gasteiger partial charge < -0.3 is 15.0 Å². The molecule has 0 amide bonds. The van der Waals surface area contributed by atoms with Crippen LogP contribution in [0, 0.1) is 11.3 Å². The third-order valence-corrected chi connectivity index (χ3v) is 2.58. The van der Waals surface area contributed by atoms with E-state index in [0.29, 0.717) is 11.3 Å². The van der Waals surface area contributed by atoms with Crippen LogP contribution >= 0.6 is 0 Å². The van der Waals surface area contributed by atoms with Gasteiger partial charge in [0, 0.05) is 19.6 Å². The van der Waals surface area contributed by atoms with Gasteiger partial charge in [-0.25, -0.2) is 0 Å². The van der Waals surface area contributed by atoms with Gasteiger partial charge in [0.25, 0.3) is 0 Å². The lowest BCUT2D eigenvalue weighted by molar-refractivity contribution is 0.327. The predicted octanol–water partition coefficient (Wildman–Crippen LogP) is 1.22. The first-order chi connectivity index (χ1) is 8.21. The van der Waals surface area contributed by atoms with E-state index in [1.807, 2.05) is 19.2 Å². The number of benzene rings is 1. The summed E-state index contributed by atoms with van der Waals surface area (Å²) in [5, 5.41) is 12.0. The molecule has 0 fully saturated rings. The second kappa shape index (κ2) is 6.89. The predicted molar refractivity (Wildman–Crippen MR) is 68.0 cm³/mol. The minimum absolute atomic E-state index is 0.578. The summed E-state index contributed by atoms with van der Waals surface area (Å²) < 4.78 is 5.19. The molecule has 4 nitrogen and oxygen atoms in total. The molecule has 1 N–H and O–H groups in total. The van der Waals surface area contributed by atoms with E-state index < -0.39 is 0 Å². The molecule has 0 aromatic heterocycles. The number of hydrogen-bond acceptors (Lipinski definition) is 4. The van der Waals surface area contributed by atoms with Crippen LogP contribution in [0.25, 0.3) is 0 Å². The van der Waals surface area contributed by atoms with Crippen molar-refractivity contribution in [3.8, 4) is 11.8 Å². The van der Waals surface area contributed by atoms with Crippen molar-refractivity contribution in [3.05, 3.63) is 29.3 Å². The molecule has 0 atom stereocenters. The number of ether oxygens (including phenoxy) is 1. The van der Waals surface area contributed by atoms with Crippen molar-refractivity contribution in [2.24, 2.45) is 0 Å². The molecule has 92 valence electrons. The SMILES string of the molecule is CNCCN(C)Cc1ccc(C#N)c(OC)c1. The van der Waals surface area contributed by atoms with Gasteiger partial charge in [0.05, 0.1) is 12.7 Å². The highest BCUT2D eigenvalue weighted by Crippen LogP contribution is 2.19. The van der Waals surface area contributed by atoms with Crippen LogP contribution in [-0.2, 0) is 6.54 Å². The van der Waals surface area contributed by atoms with Crippen molar-refractivity contribution in [1.29, 1.82) is 5.26 Å². The topological polar surface area (TPSA) is 48.3 Å². The lowest BCUT2D eigenvalue weighted by Crippen LogP contribution is -2.26. The zero-order chi connectivity index (χ0) is 12.7. The van der Waals surface area contributed by atoms with Crippen LogP contribution in [0.5, 0.6) is 5.75 Å². The van der Waals surface area contributed by atoms with Crippen molar-refractivity contribution in [1.82, 2.24) is 10.2 Å². The molecule has 0 aliphatic rings. The summed E-state index contributed by atoms with van der Waals surface area (Å²) in [6.45, 7) is 2.80. The van der Waals surface area contributed by atoms with Crippen LogP contribution in [-0.4, -0.2) is 39.2 Å². The van der Waals surface area contributed by atoms with Gasteiger partial charge >= 0.3 is 0 Å². The first-order valence-corrected chi connectivity index (χ1v) is 5.61. The summed E-state index contributed by atoms with van der Waals surface area (Å²) in [5.41, 5.74) is 1.73. The summed E-state index contributed by atoms with van der Waals surface area (Å²) in [5.74, 6) is 0.645. The number of rotatable bonds is 6. The van der Waals surface area contributed by atoms with E-state index in [1.165, 1.54) is 0 Å². The van der Waals surface area contributed by atoms with Crippen molar-refractivity contribution in [3.63, 3.8) is 0 Å². The molecule has 0 saturated carbocycles. The molecular weight excluding hydrogens is 214 g/mol. The molecule has 4 heteroatoms. The summed E-state index contributed by atoms with van der Waals surface area (Å²) in [4.78, 5) is 2.22. The Hall–Kier alpha value is -1.57. The van der Waals surface area contributed by atoms with Crippen molar-refractivity contribution >= 4 is 0 Å². The van der Waals surface area contributed by atoms with Crippen LogP contribution in [0.15, 0.2) is 18.2 Å². The molecule has 0 radical (unpaired) electrons. The first-order valence-electron chi connectivity index (χ1n) is 5.61. The van der Waals surface area contributed by atoms with Crippen LogP contribution in [0.2, 0.25) is 0 Å². The summed E-state index contributed by atoms with van der Waals surface area (Å²) in [7, 11) is 5.60. The number of nitrogens with zero attached hydrogens (tertiary/aromatic N) is 2. The number of hydrogen-bond donors (Lipinski definition) is 1. The quantitative estimate of drug-likeness (QED) is 0.802. The molecule has 0 aliphatic carbocycles. The second-order valence-electron chi connectivity index (χ2n) is 3.99. The van der Waals surface area contributed by atoms with Gasteiger partial charge in [0.1, 0.15) is 11.8 Å². The molecule has 0 heterocycles. The van der Waals surface area contributed by atoms with E-state index in [4.69, 9.17) is 10.00 Å². The average molecular weight is 233 g/mol. The number of nitriles is 1. The highest BCUT2D eigenvalue weighted by Gasteiger charge is 2.05. The summed E-state index contributed by atoms with van der Waals surface area (Å²) >= 11 is 0. The number of likely N-dealkylation sites (N-methyl/N-ethyl adjacent to an activating group) is 2. The van der Waals surface area contributed by atoms with Gasteiger partial charge in [-0.3, -0.25) is 0 Å². The van der Waals surface area contributed by atoms with E-state index in [-0.39, 0.29) is 0 Å². The first kappa shape index (κ1) is 13.5. The fourth-order valence-corrected chi connectivity index (χ4v) is 1.62. The molecule has 0 unspecified atom stereocenters. The van der Waals surface area contributed by atoms with Gasteiger partial charge in [0.15, 0.2) is 0 Å². The third-order valence-electron chi connectivity index (χ3n) is 2.58. The zero-order valence-corrected chi connectivity index (χ0v) is 10.7. The molecule has 0 aliphatic heterocycles.